The summed E-state index contributed by atoms with van der Waals surface area (Å²) in [5.41, 5.74) is 1.51. The number of hydrogen-bond donors (Lipinski definition) is 1. The van der Waals surface area contributed by atoms with E-state index >= 15 is 0 Å². The number of nitrogens with one attached hydrogen (secondary N) is 1. The molecule has 0 bridgehead atoms. The summed E-state index contributed by atoms with van der Waals surface area (Å²) in [6, 6.07) is 2.74. The van der Waals surface area contributed by atoms with Crippen LogP contribution in [0.15, 0.2) is 12.1 Å². The first-order valence-electron chi connectivity index (χ1n) is 4.84. The average Bonchev–Trinajstić information content (AvgIpc) is 2.17. The Morgan fingerprint density at radius 2 is 2.14 bits per heavy atom. The molecule has 3 heteroatoms. The highest BCUT2D eigenvalue weighted by atomic mass is 19.1. The Morgan fingerprint density at radius 1 is 1.36 bits per heavy atom. The summed E-state index contributed by atoms with van der Waals surface area (Å²) in [6.45, 7) is 0. The topological polar surface area (TPSA) is 12.0 Å². The van der Waals surface area contributed by atoms with Crippen LogP contribution in [0.3, 0.4) is 0 Å². The normalized spacial score (nSPS) is 20.6. The van der Waals surface area contributed by atoms with Gasteiger partial charge in [0.1, 0.15) is 11.6 Å². The molecule has 14 heavy (non-hydrogen) atoms. The highest BCUT2D eigenvalue weighted by Crippen LogP contribution is 2.24. The quantitative estimate of drug-likeness (QED) is 0.726. The molecule has 1 aliphatic carbocycles. The smallest absolute Gasteiger partial charge is 0.129 e. The third-order valence-corrected chi connectivity index (χ3v) is 2.87. The predicted molar refractivity (Wildman–Crippen MR) is 51.2 cm³/mol. The lowest BCUT2D eigenvalue weighted by Gasteiger charge is -2.24. The van der Waals surface area contributed by atoms with Gasteiger partial charge in [-0.25, -0.2) is 8.78 Å². The van der Waals surface area contributed by atoms with Crippen LogP contribution in [0, 0.1) is 11.6 Å². The summed E-state index contributed by atoms with van der Waals surface area (Å²) >= 11 is 0. The van der Waals surface area contributed by atoms with Gasteiger partial charge in [-0.05, 0) is 43.5 Å². The second-order valence-corrected chi connectivity index (χ2v) is 3.75. The van der Waals surface area contributed by atoms with Gasteiger partial charge in [0.05, 0.1) is 0 Å². The zero-order valence-corrected chi connectivity index (χ0v) is 8.11. The number of rotatable bonds is 1. The summed E-state index contributed by atoms with van der Waals surface area (Å²) in [5.74, 6) is -0.871. The van der Waals surface area contributed by atoms with Gasteiger partial charge in [0, 0.05) is 12.1 Å². The fraction of sp³-hybridized carbons (Fsp3) is 0.455. The number of likely N-dealkylation sites (N-methyl/N-ethyl adjacent to an activating group) is 1. The van der Waals surface area contributed by atoms with Crippen molar-refractivity contribution in [3.05, 3.63) is 34.9 Å². The minimum atomic E-state index is -0.468. The van der Waals surface area contributed by atoms with E-state index in [2.05, 4.69) is 5.32 Å². The first-order valence-corrected chi connectivity index (χ1v) is 4.84. The second kappa shape index (κ2) is 3.65. The van der Waals surface area contributed by atoms with Crippen LogP contribution in [0.1, 0.15) is 17.5 Å². The highest BCUT2D eigenvalue weighted by molar-refractivity contribution is 5.32. The van der Waals surface area contributed by atoms with E-state index in [0.29, 0.717) is 18.0 Å². The van der Waals surface area contributed by atoms with Crippen molar-refractivity contribution in [1.82, 2.24) is 5.32 Å². The first kappa shape index (κ1) is 9.59. The number of fused-ring (bicyclic) bond motifs is 1. The van der Waals surface area contributed by atoms with Gasteiger partial charge in [0.25, 0.3) is 0 Å². The third-order valence-electron chi connectivity index (χ3n) is 2.87. The minimum Gasteiger partial charge on any atom is -0.317 e. The molecule has 1 nitrogen and oxygen atoms in total. The molecule has 0 saturated heterocycles. The molecule has 1 atom stereocenters. The van der Waals surface area contributed by atoms with Gasteiger partial charge in [-0.2, -0.15) is 0 Å². The first-order chi connectivity index (χ1) is 6.70. The molecule has 0 aromatic heterocycles. The van der Waals surface area contributed by atoms with Crippen molar-refractivity contribution in [3.8, 4) is 0 Å². The van der Waals surface area contributed by atoms with E-state index in [0.717, 1.165) is 24.5 Å². The van der Waals surface area contributed by atoms with Crippen LogP contribution in [0.2, 0.25) is 0 Å². The van der Waals surface area contributed by atoms with Crippen LogP contribution in [-0.2, 0) is 12.8 Å². The van der Waals surface area contributed by atoms with Gasteiger partial charge >= 0.3 is 0 Å². The number of benzene rings is 1. The number of aryl methyl sites for hydroxylation is 1. The Bertz CT molecular complexity index is 349. The van der Waals surface area contributed by atoms with Gasteiger partial charge in [0.2, 0.25) is 0 Å². The predicted octanol–water partition coefficient (Wildman–Crippen LogP) is 2.04. The fourth-order valence-corrected chi connectivity index (χ4v) is 2.03. The van der Waals surface area contributed by atoms with E-state index < -0.39 is 11.6 Å². The molecular weight excluding hydrogens is 184 g/mol. The summed E-state index contributed by atoms with van der Waals surface area (Å²) < 4.78 is 26.3. The van der Waals surface area contributed by atoms with Crippen LogP contribution in [0.25, 0.3) is 0 Å². The van der Waals surface area contributed by atoms with Gasteiger partial charge < -0.3 is 5.32 Å². The minimum absolute atomic E-state index is 0.322. The Morgan fingerprint density at radius 3 is 2.86 bits per heavy atom. The molecule has 0 amide bonds. The van der Waals surface area contributed by atoms with Crippen LogP contribution < -0.4 is 5.32 Å². The summed E-state index contributed by atoms with van der Waals surface area (Å²) in [7, 11) is 1.87. The molecule has 0 spiro atoms. The SMILES string of the molecule is CNC1CCc2cc(F)cc(F)c2C1. The van der Waals surface area contributed by atoms with Gasteiger partial charge in [-0.3, -0.25) is 0 Å². The average molecular weight is 197 g/mol. The fourth-order valence-electron chi connectivity index (χ4n) is 2.03. The summed E-state index contributed by atoms with van der Waals surface area (Å²) in [5, 5.41) is 3.13. The molecule has 1 aliphatic rings. The second-order valence-electron chi connectivity index (χ2n) is 3.75. The van der Waals surface area contributed by atoms with Crippen molar-refractivity contribution >= 4 is 0 Å². The maximum absolute atomic E-state index is 13.4. The zero-order chi connectivity index (χ0) is 10.1. The molecular formula is C11H13F2N. The van der Waals surface area contributed by atoms with E-state index in [9.17, 15) is 8.78 Å². The van der Waals surface area contributed by atoms with Crippen LogP contribution >= 0.6 is 0 Å². The summed E-state index contributed by atoms with van der Waals surface area (Å²) in [4.78, 5) is 0. The summed E-state index contributed by atoms with van der Waals surface area (Å²) in [6.07, 6.45) is 2.37. The monoisotopic (exact) mass is 197 g/mol. The molecule has 1 N–H and O–H groups in total. The Labute approximate surface area is 82.1 Å². The standard InChI is InChI=1S/C11H13F2N/c1-14-9-3-2-7-4-8(12)5-11(13)10(7)6-9/h4-5,9,14H,2-3,6H2,1H3. The van der Waals surface area contributed by atoms with Crippen LogP contribution in [-0.4, -0.2) is 13.1 Å². The van der Waals surface area contributed by atoms with Crippen molar-refractivity contribution in [1.29, 1.82) is 0 Å². The Kier molecular flexibility index (Phi) is 2.50. The molecule has 0 saturated carbocycles. The highest BCUT2D eigenvalue weighted by Gasteiger charge is 2.20. The van der Waals surface area contributed by atoms with Gasteiger partial charge in [-0.1, -0.05) is 0 Å². The van der Waals surface area contributed by atoms with Crippen molar-refractivity contribution in [3.63, 3.8) is 0 Å². The van der Waals surface area contributed by atoms with Crippen LogP contribution in [0.4, 0.5) is 8.78 Å². The molecule has 76 valence electrons. The van der Waals surface area contributed by atoms with E-state index in [-0.39, 0.29) is 0 Å². The Balaban J connectivity index is 2.37. The molecule has 0 aliphatic heterocycles. The Hall–Kier alpha value is -0.960. The lowest BCUT2D eigenvalue weighted by Crippen LogP contribution is -2.32. The lowest BCUT2D eigenvalue weighted by atomic mass is 9.88. The molecule has 1 aromatic carbocycles. The van der Waals surface area contributed by atoms with Crippen molar-refractivity contribution in [2.45, 2.75) is 25.3 Å². The van der Waals surface area contributed by atoms with E-state index in [1.165, 1.54) is 6.07 Å². The zero-order valence-electron chi connectivity index (χ0n) is 8.11. The molecule has 1 unspecified atom stereocenters. The van der Waals surface area contributed by atoms with E-state index in [1.807, 2.05) is 7.05 Å². The molecule has 0 fully saturated rings. The molecule has 0 radical (unpaired) electrons. The van der Waals surface area contributed by atoms with E-state index in [4.69, 9.17) is 0 Å². The van der Waals surface area contributed by atoms with Gasteiger partial charge in [0.15, 0.2) is 0 Å². The maximum Gasteiger partial charge on any atom is 0.129 e. The van der Waals surface area contributed by atoms with Crippen molar-refractivity contribution in [2.75, 3.05) is 7.05 Å². The maximum atomic E-state index is 13.4. The van der Waals surface area contributed by atoms with Gasteiger partial charge in [-0.15, -0.1) is 0 Å². The lowest BCUT2D eigenvalue weighted by molar-refractivity contribution is 0.471. The number of halogens is 2. The molecule has 2 rings (SSSR count). The third kappa shape index (κ3) is 1.64. The molecule has 0 heterocycles. The molecule has 1 aromatic rings. The number of hydrogen-bond acceptors (Lipinski definition) is 1. The van der Waals surface area contributed by atoms with Crippen LogP contribution in [0.5, 0.6) is 0 Å². The van der Waals surface area contributed by atoms with Crippen molar-refractivity contribution in [2.24, 2.45) is 0 Å². The van der Waals surface area contributed by atoms with E-state index in [1.54, 1.807) is 0 Å². The van der Waals surface area contributed by atoms with Crippen molar-refractivity contribution < 1.29 is 8.78 Å². The largest absolute Gasteiger partial charge is 0.317 e.